The zero-order valence-corrected chi connectivity index (χ0v) is 14.9. The molecule has 1 saturated heterocycles. The van der Waals surface area contributed by atoms with Gasteiger partial charge in [0.2, 0.25) is 5.91 Å². The second-order valence-electron chi connectivity index (χ2n) is 5.88. The van der Waals surface area contributed by atoms with Crippen molar-refractivity contribution in [2.75, 3.05) is 41.1 Å². The lowest BCUT2D eigenvalue weighted by molar-refractivity contribution is -0.150. The number of benzene rings is 1. The maximum absolute atomic E-state index is 12.9. The van der Waals surface area contributed by atoms with E-state index in [1.165, 1.54) is 12.0 Å². The van der Waals surface area contributed by atoms with Crippen LogP contribution in [0, 0.1) is 5.92 Å². The van der Waals surface area contributed by atoms with E-state index in [2.05, 4.69) is 0 Å². The van der Waals surface area contributed by atoms with Crippen molar-refractivity contribution in [1.82, 2.24) is 4.90 Å². The van der Waals surface area contributed by atoms with E-state index in [0.717, 1.165) is 5.56 Å². The van der Waals surface area contributed by atoms with Gasteiger partial charge in [-0.25, -0.2) is 0 Å². The fourth-order valence-corrected chi connectivity index (χ4v) is 2.81. The van der Waals surface area contributed by atoms with Crippen LogP contribution in [0.2, 0.25) is 0 Å². The van der Waals surface area contributed by atoms with E-state index in [1.54, 1.807) is 20.3 Å². The molecule has 2 rings (SSSR count). The molecule has 0 aromatic heterocycles. The summed E-state index contributed by atoms with van der Waals surface area (Å²) in [5.74, 6) is 0.619. The predicted octanol–water partition coefficient (Wildman–Crippen LogP) is 1.63. The van der Waals surface area contributed by atoms with E-state index in [9.17, 15) is 9.59 Å². The van der Waals surface area contributed by atoms with E-state index in [-0.39, 0.29) is 24.9 Å². The number of carbonyl (C=O) groups is 2. The highest BCUT2D eigenvalue weighted by Gasteiger charge is 2.28. The van der Waals surface area contributed by atoms with Crippen LogP contribution in [-0.2, 0) is 25.6 Å². The molecular formula is C18H25NO6. The molecule has 1 amide bonds. The molecule has 0 aliphatic carbocycles. The number of amides is 1. The van der Waals surface area contributed by atoms with Gasteiger partial charge in [0.15, 0.2) is 0 Å². The third kappa shape index (κ3) is 5.35. The third-order valence-corrected chi connectivity index (χ3v) is 4.21. The molecule has 1 aliphatic heterocycles. The summed E-state index contributed by atoms with van der Waals surface area (Å²) in [6.07, 6.45) is 1.33. The second kappa shape index (κ2) is 9.27. The third-order valence-electron chi connectivity index (χ3n) is 4.21. The molecule has 0 saturated carbocycles. The summed E-state index contributed by atoms with van der Waals surface area (Å²) in [7, 11) is 4.45. The van der Waals surface area contributed by atoms with Gasteiger partial charge in [-0.2, -0.15) is 0 Å². The normalized spacial score (nSPS) is 14.7. The van der Waals surface area contributed by atoms with Gasteiger partial charge in [-0.05, 0) is 30.5 Å². The Morgan fingerprint density at radius 3 is 2.20 bits per heavy atom. The van der Waals surface area contributed by atoms with Crippen LogP contribution in [-0.4, -0.2) is 57.9 Å². The number of nitrogens with zero attached hydrogens (tertiary/aromatic N) is 1. The second-order valence-corrected chi connectivity index (χ2v) is 5.88. The van der Waals surface area contributed by atoms with Crippen LogP contribution in [0.4, 0.5) is 0 Å². The monoisotopic (exact) mass is 351 g/mol. The molecule has 25 heavy (non-hydrogen) atoms. The van der Waals surface area contributed by atoms with Gasteiger partial charge >= 0.3 is 5.97 Å². The number of hydrogen-bond donors (Lipinski definition) is 0. The van der Waals surface area contributed by atoms with Gasteiger partial charge < -0.3 is 23.8 Å². The fraction of sp³-hybridized carbons (Fsp3) is 0.556. The summed E-state index contributed by atoms with van der Waals surface area (Å²) in [5.41, 5.74) is 0.820. The van der Waals surface area contributed by atoms with Crippen molar-refractivity contribution in [2.24, 2.45) is 5.92 Å². The molecule has 0 bridgehead atoms. The Hall–Kier alpha value is -2.28. The van der Waals surface area contributed by atoms with Gasteiger partial charge in [-0.3, -0.25) is 9.59 Å². The molecule has 1 aromatic rings. The molecule has 7 nitrogen and oxygen atoms in total. The Balaban J connectivity index is 2.20. The van der Waals surface area contributed by atoms with Crippen molar-refractivity contribution in [3.8, 4) is 11.5 Å². The van der Waals surface area contributed by atoms with Crippen LogP contribution in [0.3, 0.4) is 0 Å². The van der Waals surface area contributed by atoms with Crippen molar-refractivity contribution in [1.29, 1.82) is 0 Å². The minimum atomic E-state index is -0.449. The molecule has 138 valence electrons. The van der Waals surface area contributed by atoms with E-state index in [4.69, 9.17) is 18.9 Å². The van der Waals surface area contributed by atoms with E-state index < -0.39 is 5.97 Å². The van der Waals surface area contributed by atoms with Gasteiger partial charge in [-0.1, -0.05) is 0 Å². The Morgan fingerprint density at radius 1 is 1.08 bits per heavy atom. The van der Waals surface area contributed by atoms with Crippen LogP contribution in [0.25, 0.3) is 0 Å². The lowest BCUT2D eigenvalue weighted by Crippen LogP contribution is -2.41. The Kier molecular flexibility index (Phi) is 7.06. The van der Waals surface area contributed by atoms with Gasteiger partial charge in [0, 0.05) is 31.7 Å². The maximum Gasteiger partial charge on any atom is 0.325 e. The highest BCUT2D eigenvalue weighted by atomic mass is 16.5. The summed E-state index contributed by atoms with van der Waals surface area (Å²) in [6.45, 7) is 1.32. The Bertz CT molecular complexity index is 575. The molecule has 0 radical (unpaired) electrons. The van der Waals surface area contributed by atoms with Gasteiger partial charge in [0.25, 0.3) is 0 Å². The van der Waals surface area contributed by atoms with Crippen LogP contribution in [0.5, 0.6) is 11.5 Å². The first-order chi connectivity index (χ1) is 12.1. The van der Waals surface area contributed by atoms with Crippen LogP contribution < -0.4 is 9.47 Å². The van der Waals surface area contributed by atoms with Gasteiger partial charge in [0.1, 0.15) is 18.0 Å². The number of methoxy groups -OCH3 is 3. The molecular weight excluding hydrogens is 326 g/mol. The minimum absolute atomic E-state index is 0.0597. The number of hydrogen-bond acceptors (Lipinski definition) is 6. The number of rotatable bonds is 7. The summed E-state index contributed by atoms with van der Waals surface area (Å²) in [6, 6.07) is 5.41. The largest absolute Gasteiger partial charge is 0.497 e. The zero-order chi connectivity index (χ0) is 18.2. The number of carbonyl (C=O) groups excluding carboxylic acids is 2. The average molecular weight is 351 g/mol. The SMILES string of the molecule is COC(=O)CN(Cc1cc(OC)cc(OC)c1)C(=O)C1CCOCC1. The van der Waals surface area contributed by atoms with Crippen LogP contribution in [0.15, 0.2) is 18.2 Å². The Labute approximate surface area is 147 Å². The lowest BCUT2D eigenvalue weighted by Gasteiger charge is -2.29. The van der Waals surface area contributed by atoms with E-state index in [1.807, 2.05) is 12.1 Å². The van der Waals surface area contributed by atoms with Gasteiger partial charge in [-0.15, -0.1) is 0 Å². The smallest absolute Gasteiger partial charge is 0.325 e. The average Bonchev–Trinajstić information content (AvgIpc) is 2.66. The lowest BCUT2D eigenvalue weighted by atomic mass is 9.98. The zero-order valence-electron chi connectivity index (χ0n) is 14.9. The molecule has 0 atom stereocenters. The molecule has 0 N–H and O–H groups in total. The van der Waals surface area contributed by atoms with Crippen molar-refractivity contribution in [3.63, 3.8) is 0 Å². The summed E-state index contributed by atoms with van der Waals surface area (Å²) in [5, 5.41) is 0. The molecule has 1 aliphatic rings. The highest BCUT2D eigenvalue weighted by Crippen LogP contribution is 2.25. The standard InChI is InChI=1S/C18H25NO6/c1-22-15-8-13(9-16(10-15)23-2)11-19(12-17(20)24-3)18(21)14-4-6-25-7-5-14/h8-10,14H,4-7,11-12H2,1-3H3. The number of esters is 1. The van der Waals surface area contributed by atoms with E-state index >= 15 is 0 Å². The first-order valence-electron chi connectivity index (χ1n) is 8.22. The summed E-state index contributed by atoms with van der Waals surface area (Å²) >= 11 is 0. The van der Waals surface area contributed by atoms with Crippen molar-refractivity contribution in [2.45, 2.75) is 19.4 Å². The summed E-state index contributed by atoms with van der Waals surface area (Å²) in [4.78, 5) is 26.1. The Morgan fingerprint density at radius 2 is 1.68 bits per heavy atom. The van der Waals surface area contributed by atoms with Crippen LogP contribution in [0.1, 0.15) is 18.4 Å². The van der Waals surface area contributed by atoms with Crippen molar-refractivity contribution in [3.05, 3.63) is 23.8 Å². The first kappa shape index (κ1) is 19.1. The van der Waals surface area contributed by atoms with Crippen molar-refractivity contribution < 1.29 is 28.5 Å². The quantitative estimate of drug-likeness (QED) is 0.695. The molecule has 0 spiro atoms. The number of ether oxygens (including phenoxy) is 4. The molecule has 1 fully saturated rings. The van der Waals surface area contributed by atoms with E-state index in [0.29, 0.717) is 37.6 Å². The molecule has 1 heterocycles. The van der Waals surface area contributed by atoms with Crippen molar-refractivity contribution >= 4 is 11.9 Å². The van der Waals surface area contributed by atoms with Crippen LogP contribution >= 0.6 is 0 Å². The predicted molar refractivity (Wildman–Crippen MR) is 90.5 cm³/mol. The topological polar surface area (TPSA) is 74.3 Å². The molecule has 7 heteroatoms. The van der Waals surface area contributed by atoms with Gasteiger partial charge in [0.05, 0.1) is 21.3 Å². The first-order valence-corrected chi connectivity index (χ1v) is 8.22. The minimum Gasteiger partial charge on any atom is -0.497 e. The fourth-order valence-electron chi connectivity index (χ4n) is 2.81. The summed E-state index contributed by atoms with van der Waals surface area (Å²) < 4.78 is 20.6. The molecule has 1 aromatic carbocycles. The molecule has 0 unspecified atom stereocenters. The highest BCUT2D eigenvalue weighted by molar-refractivity contribution is 5.83. The maximum atomic E-state index is 12.9.